The number of hydrogen-bond donors (Lipinski definition) is 1. The summed E-state index contributed by atoms with van der Waals surface area (Å²) >= 11 is 0. The number of Topliss-reactive ketones (excluding diaryl/α,β-unsaturated/α-hetero) is 1. The van der Waals surface area contributed by atoms with Crippen molar-refractivity contribution in [1.29, 1.82) is 0 Å². The zero-order chi connectivity index (χ0) is 20.1. The van der Waals surface area contributed by atoms with Gasteiger partial charge in [-0.3, -0.25) is 9.59 Å². The van der Waals surface area contributed by atoms with Gasteiger partial charge in [-0.15, -0.1) is 0 Å². The van der Waals surface area contributed by atoms with Crippen molar-refractivity contribution < 1.29 is 9.59 Å². The van der Waals surface area contributed by atoms with Gasteiger partial charge < -0.3 is 5.73 Å². The van der Waals surface area contributed by atoms with E-state index in [1.807, 2.05) is 13.0 Å². The van der Waals surface area contributed by atoms with Crippen LogP contribution in [0.15, 0.2) is 64.8 Å². The van der Waals surface area contributed by atoms with Crippen LogP contribution in [-0.4, -0.2) is 11.7 Å². The standard InChI is InChI=1S/C24H29NO2/c1-6-7-21(19-10-8-15(2)9-11-19)16(3)17(4)22(20-12-13-20)14-23(18(5)26)24(25)27/h6-11,14,20H,12-13H2,1-5H3,(H2,25,27)/b7-6-,21-16+,22-17-,23-14+. The number of rotatable bonds is 7. The summed E-state index contributed by atoms with van der Waals surface area (Å²) in [5, 5.41) is 0. The fourth-order valence-corrected chi connectivity index (χ4v) is 3.18. The van der Waals surface area contributed by atoms with Gasteiger partial charge in [0.2, 0.25) is 0 Å². The number of allylic oxidation sites excluding steroid dienone is 7. The summed E-state index contributed by atoms with van der Waals surface area (Å²) in [5.74, 6) is -0.567. The SMILES string of the molecule is C\C=C/C(=C(C)\C(C)=C(\C=C(/C(C)=O)C(N)=O)C1CC1)c1ccc(C)cc1. The highest BCUT2D eigenvalue weighted by molar-refractivity contribution is 6.18. The molecule has 1 saturated carbocycles. The first-order valence-electron chi connectivity index (χ1n) is 9.40. The Morgan fingerprint density at radius 1 is 1.04 bits per heavy atom. The first-order valence-corrected chi connectivity index (χ1v) is 9.40. The second-order valence-electron chi connectivity index (χ2n) is 7.24. The summed E-state index contributed by atoms with van der Waals surface area (Å²) in [6, 6.07) is 8.46. The number of aryl methyl sites for hydroxylation is 1. The molecule has 1 fully saturated rings. The van der Waals surface area contributed by atoms with Crippen LogP contribution < -0.4 is 5.73 Å². The Balaban J connectivity index is 2.65. The van der Waals surface area contributed by atoms with Crippen molar-refractivity contribution >= 4 is 17.3 Å². The Kier molecular flexibility index (Phi) is 6.73. The number of ketones is 1. The zero-order valence-electron chi connectivity index (χ0n) is 16.9. The molecule has 0 radical (unpaired) electrons. The van der Waals surface area contributed by atoms with Gasteiger partial charge >= 0.3 is 0 Å². The van der Waals surface area contributed by atoms with E-state index < -0.39 is 5.91 Å². The number of hydrogen-bond acceptors (Lipinski definition) is 2. The van der Waals surface area contributed by atoms with Crippen LogP contribution in [0.3, 0.4) is 0 Å². The van der Waals surface area contributed by atoms with Gasteiger partial charge in [0.05, 0.1) is 5.57 Å². The largest absolute Gasteiger partial charge is 0.365 e. The van der Waals surface area contributed by atoms with E-state index in [0.29, 0.717) is 5.92 Å². The van der Waals surface area contributed by atoms with E-state index in [2.05, 4.69) is 51.1 Å². The fraction of sp³-hybridized carbons (Fsp3) is 0.333. The average molecular weight is 364 g/mol. The molecule has 3 heteroatoms. The van der Waals surface area contributed by atoms with Gasteiger partial charge in [-0.25, -0.2) is 0 Å². The minimum atomic E-state index is -0.665. The molecule has 1 aromatic rings. The summed E-state index contributed by atoms with van der Waals surface area (Å²) in [5.41, 5.74) is 12.3. The van der Waals surface area contributed by atoms with E-state index >= 15 is 0 Å². The van der Waals surface area contributed by atoms with Crippen molar-refractivity contribution in [2.45, 2.75) is 47.5 Å². The molecule has 1 aliphatic carbocycles. The molecule has 0 aromatic heterocycles. The molecule has 0 saturated heterocycles. The Bertz CT molecular complexity index is 844. The third-order valence-corrected chi connectivity index (χ3v) is 5.06. The lowest BCUT2D eigenvalue weighted by Gasteiger charge is -2.15. The molecule has 3 nitrogen and oxygen atoms in total. The second kappa shape index (κ2) is 8.81. The van der Waals surface area contributed by atoms with Crippen LogP contribution in [0, 0.1) is 12.8 Å². The highest BCUT2D eigenvalue weighted by Crippen LogP contribution is 2.41. The summed E-state index contributed by atoms with van der Waals surface area (Å²) in [4.78, 5) is 23.5. The van der Waals surface area contributed by atoms with Gasteiger partial charge in [0.1, 0.15) is 0 Å². The maximum atomic E-state index is 11.8. The number of carbonyl (C=O) groups excluding carboxylic acids is 2. The van der Waals surface area contributed by atoms with Crippen molar-refractivity contribution in [1.82, 2.24) is 0 Å². The molecule has 0 heterocycles. The lowest BCUT2D eigenvalue weighted by Crippen LogP contribution is -2.19. The Morgan fingerprint density at radius 2 is 1.63 bits per heavy atom. The van der Waals surface area contributed by atoms with E-state index in [9.17, 15) is 9.59 Å². The number of carbonyl (C=O) groups is 2. The van der Waals surface area contributed by atoms with Crippen LogP contribution in [0.4, 0.5) is 0 Å². The van der Waals surface area contributed by atoms with Gasteiger partial charge in [-0.05, 0) is 87.3 Å². The van der Waals surface area contributed by atoms with E-state index in [4.69, 9.17) is 5.73 Å². The molecule has 0 atom stereocenters. The molecular weight excluding hydrogens is 334 g/mol. The molecule has 1 amide bonds. The van der Waals surface area contributed by atoms with Crippen LogP contribution in [0.5, 0.6) is 0 Å². The highest BCUT2D eigenvalue weighted by Gasteiger charge is 2.28. The van der Waals surface area contributed by atoms with Gasteiger partial charge in [-0.2, -0.15) is 0 Å². The molecule has 2 N–H and O–H groups in total. The van der Waals surface area contributed by atoms with Gasteiger partial charge in [0, 0.05) is 0 Å². The Morgan fingerprint density at radius 3 is 2.07 bits per heavy atom. The zero-order valence-corrected chi connectivity index (χ0v) is 16.9. The summed E-state index contributed by atoms with van der Waals surface area (Å²) in [6.45, 7) is 9.62. The molecular formula is C24H29NO2. The third kappa shape index (κ3) is 5.16. The van der Waals surface area contributed by atoms with Crippen molar-refractivity contribution in [3.05, 3.63) is 75.9 Å². The predicted octanol–water partition coefficient (Wildman–Crippen LogP) is 5.07. The quantitative estimate of drug-likeness (QED) is 0.318. The van der Waals surface area contributed by atoms with E-state index in [1.54, 1.807) is 6.08 Å². The Hall–Kier alpha value is -2.68. The van der Waals surface area contributed by atoms with E-state index in [-0.39, 0.29) is 11.4 Å². The topological polar surface area (TPSA) is 60.2 Å². The summed E-state index contributed by atoms with van der Waals surface area (Å²) < 4.78 is 0. The summed E-state index contributed by atoms with van der Waals surface area (Å²) in [6.07, 6.45) is 8.00. The first kappa shape index (κ1) is 20.6. The lowest BCUT2D eigenvalue weighted by molar-refractivity contribution is -0.119. The molecule has 0 bridgehead atoms. The molecule has 142 valence electrons. The minimum absolute atomic E-state index is 0.0759. The Labute approximate surface area is 162 Å². The number of nitrogens with two attached hydrogens (primary N) is 1. The molecule has 0 spiro atoms. The minimum Gasteiger partial charge on any atom is -0.365 e. The van der Waals surface area contributed by atoms with Crippen molar-refractivity contribution in [2.24, 2.45) is 11.7 Å². The van der Waals surface area contributed by atoms with Crippen LogP contribution in [0.1, 0.15) is 51.7 Å². The van der Waals surface area contributed by atoms with Gasteiger partial charge in [-0.1, -0.05) is 42.0 Å². The lowest BCUT2D eigenvalue weighted by atomic mass is 9.90. The van der Waals surface area contributed by atoms with E-state index in [0.717, 1.165) is 40.7 Å². The van der Waals surface area contributed by atoms with Crippen LogP contribution in [0.25, 0.3) is 5.57 Å². The smallest absolute Gasteiger partial charge is 0.252 e. The summed E-state index contributed by atoms with van der Waals surface area (Å²) in [7, 11) is 0. The fourth-order valence-electron chi connectivity index (χ4n) is 3.18. The van der Waals surface area contributed by atoms with E-state index in [1.165, 1.54) is 12.5 Å². The van der Waals surface area contributed by atoms with Crippen LogP contribution >= 0.6 is 0 Å². The number of benzene rings is 1. The second-order valence-corrected chi connectivity index (χ2v) is 7.24. The maximum Gasteiger partial charge on any atom is 0.252 e. The van der Waals surface area contributed by atoms with Gasteiger partial charge in [0.15, 0.2) is 5.78 Å². The van der Waals surface area contributed by atoms with Crippen molar-refractivity contribution in [3.63, 3.8) is 0 Å². The highest BCUT2D eigenvalue weighted by atomic mass is 16.2. The van der Waals surface area contributed by atoms with Crippen molar-refractivity contribution in [2.75, 3.05) is 0 Å². The van der Waals surface area contributed by atoms with Crippen LogP contribution in [-0.2, 0) is 9.59 Å². The van der Waals surface area contributed by atoms with Gasteiger partial charge in [0.25, 0.3) is 5.91 Å². The maximum absolute atomic E-state index is 11.8. The van der Waals surface area contributed by atoms with Crippen molar-refractivity contribution in [3.8, 4) is 0 Å². The van der Waals surface area contributed by atoms with Crippen LogP contribution in [0.2, 0.25) is 0 Å². The molecule has 1 aromatic carbocycles. The monoisotopic (exact) mass is 363 g/mol. The average Bonchev–Trinajstić information content (AvgIpc) is 3.44. The molecule has 2 rings (SSSR count). The third-order valence-electron chi connectivity index (χ3n) is 5.06. The molecule has 1 aliphatic rings. The molecule has 0 unspecified atom stereocenters. The molecule has 0 aliphatic heterocycles. The number of primary amides is 1. The predicted molar refractivity (Wildman–Crippen MR) is 112 cm³/mol. The first-order chi connectivity index (χ1) is 12.8. The number of amides is 1. The molecule has 27 heavy (non-hydrogen) atoms. The normalized spacial score (nSPS) is 16.9.